The van der Waals surface area contributed by atoms with E-state index in [1.165, 1.54) is 0 Å². The Balaban J connectivity index is 1.67. The lowest BCUT2D eigenvalue weighted by Crippen LogP contribution is -2.23. The van der Waals surface area contributed by atoms with E-state index in [2.05, 4.69) is 15.6 Å². The Kier molecular flexibility index (Phi) is 6.11. The van der Waals surface area contributed by atoms with Crippen LogP contribution in [0.4, 0.5) is 11.4 Å². The molecular formula is C22H23N3O3. The smallest absolute Gasteiger partial charge is 0.253 e. The van der Waals surface area contributed by atoms with E-state index >= 15 is 0 Å². The molecule has 0 aliphatic carbocycles. The van der Waals surface area contributed by atoms with Gasteiger partial charge in [-0.1, -0.05) is 24.3 Å². The van der Waals surface area contributed by atoms with Crippen molar-refractivity contribution in [2.45, 2.75) is 13.5 Å². The van der Waals surface area contributed by atoms with Crippen LogP contribution in [0.3, 0.4) is 0 Å². The molecule has 0 saturated carbocycles. The van der Waals surface area contributed by atoms with Crippen molar-refractivity contribution in [1.82, 2.24) is 10.3 Å². The van der Waals surface area contributed by atoms with Crippen LogP contribution in [0.2, 0.25) is 0 Å². The molecule has 1 heterocycles. The summed E-state index contributed by atoms with van der Waals surface area (Å²) in [4.78, 5) is 16.7. The Bertz CT molecular complexity index is 973. The van der Waals surface area contributed by atoms with Crippen LogP contribution in [0.15, 0.2) is 60.9 Å². The SMILES string of the molecule is COc1ccc(CNC(=O)c2cncc(Nc3ccccc3C)c2)cc1OC. The van der Waals surface area contributed by atoms with Crippen molar-refractivity contribution in [2.75, 3.05) is 19.5 Å². The molecule has 1 amide bonds. The number of aryl methyl sites for hydroxylation is 1. The van der Waals surface area contributed by atoms with Gasteiger partial charge in [-0.2, -0.15) is 0 Å². The zero-order valence-corrected chi connectivity index (χ0v) is 16.2. The van der Waals surface area contributed by atoms with Gasteiger partial charge in [-0.05, 0) is 42.3 Å². The standard InChI is InChI=1S/C22H23N3O3/c1-15-6-4-5-7-19(15)25-18-11-17(13-23-14-18)22(26)24-12-16-8-9-20(27-2)21(10-16)28-3/h4-11,13-14,25H,12H2,1-3H3,(H,24,26). The molecule has 2 aromatic carbocycles. The van der Waals surface area contributed by atoms with Crippen molar-refractivity contribution >= 4 is 17.3 Å². The molecule has 0 spiro atoms. The largest absolute Gasteiger partial charge is 0.493 e. The monoisotopic (exact) mass is 377 g/mol. The summed E-state index contributed by atoms with van der Waals surface area (Å²) in [5, 5.41) is 6.20. The number of hydrogen-bond donors (Lipinski definition) is 2. The van der Waals surface area contributed by atoms with Gasteiger partial charge in [-0.25, -0.2) is 0 Å². The summed E-state index contributed by atoms with van der Waals surface area (Å²) in [5.74, 6) is 1.08. The number of nitrogens with one attached hydrogen (secondary N) is 2. The van der Waals surface area contributed by atoms with Crippen LogP contribution >= 0.6 is 0 Å². The van der Waals surface area contributed by atoms with E-state index in [-0.39, 0.29) is 5.91 Å². The fraction of sp³-hybridized carbons (Fsp3) is 0.182. The molecule has 3 rings (SSSR count). The Hall–Kier alpha value is -3.54. The van der Waals surface area contributed by atoms with Gasteiger partial charge in [0.1, 0.15) is 0 Å². The quantitative estimate of drug-likeness (QED) is 0.649. The number of pyridine rings is 1. The van der Waals surface area contributed by atoms with Gasteiger partial charge in [-0.3, -0.25) is 9.78 Å². The third kappa shape index (κ3) is 4.59. The lowest BCUT2D eigenvalue weighted by atomic mass is 10.1. The molecule has 0 aliphatic rings. The summed E-state index contributed by atoms with van der Waals surface area (Å²) in [6.07, 6.45) is 3.24. The number of carbonyl (C=O) groups is 1. The molecule has 0 saturated heterocycles. The van der Waals surface area contributed by atoms with Gasteiger partial charge < -0.3 is 20.1 Å². The summed E-state index contributed by atoms with van der Waals surface area (Å²) in [6, 6.07) is 15.3. The van der Waals surface area contributed by atoms with E-state index in [4.69, 9.17) is 9.47 Å². The molecule has 0 bridgehead atoms. The number of anilines is 2. The topological polar surface area (TPSA) is 72.5 Å². The highest BCUT2D eigenvalue weighted by Gasteiger charge is 2.09. The number of aromatic nitrogens is 1. The summed E-state index contributed by atoms with van der Waals surface area (Å²) in [5.41, 5.74) is 4.25. The molecule has 3 aromatic rings. The molecule has 28 heavy (non-hydrogen) atoms. The maximum Gasteiger partial charge on any atom is 0.253 e. The molecule has 0 aliphatic heterocycles. The van der Waals surface area contributed by atoms with Crippen molar-refractivity contribution in [2.24, 2.45) is 0 Å². The molecule has 0 radical (unpaired) electrons. The zero-order chi connectivity index (χ0) is 19.9. The van der Waals surface area contributed by atoms with Crippen molar-refractivity contribution in [3.05, 3.63) is 77.6 Å². The Labute approximate surface area is 164 Å². The average Bonchev–Trinajstić information content (AvgIpc) is 2.73. The number of para-hydroxylation sites is 1. The molecule has 1 aromatic heterocycles. The number of ether oxygens (including phenoxy) is 2. The molecule has 0 unspecified atom stereocenters. The maximum absolute atomic E-state index is 12.5. The minimum Gasteiger partial charge on any atom is -0.493 e. The van der Waals surface area contributed by atoms with Gasteiger partial charge in [0.15, 0.2) is 11.5 Å². The van der Waals surface area contributed by atoms with Crippen molar-refractivity contribution in [1.29, 1.82) is 0 Å². The number of methoxy groups -OCH3 is 2. The number of rotatable bonds is 7. The fourth-order valence-corrected chi connectivity index (χ4v) is 2.78. The average molecular weight is 377 g/mol. The molecule has 0 atom stereocenters. The van der Waals surface area contributed by atoms with E-state index < -0.39 is 0 Å². The van der Waals surface area contributed by atoms with Crippen LogP contribution in [-0.4, -0.2) is 25.1 Å². The zero-order valence-electron chi connectivity index (χ0n) is 16.2. The predicted molar refractivity (Wildman–Crippen MR) is 109 cm³/mol. The number of carbonyl (C=O) groups excluding carboxylic acids is 1. The second kappa shape index (κ2) is 8.90. The third-order valence-corrected chi connectivity index (χ3v) is 4.33. The van der Waals surface area contributed by atoms with Crippen LogP contribution in [0.25, 0.3) is 0 Å². The molecule has 6 nitrogen and oxygen atoms in total. The Morgan fingerprint density at radius 3 is 2.54 bits per heavy atom. The normalized spacial score (nSPS) is 10.2. The van der Waals surface area contributed by atoms with E-state index in [0.29, 0.717) is 23.6 Å². The molecule has 144 valence electrons. The lowest BCUT2D eigenvalue weighted by molar-refractivity contribution is 0.0950. The van der Waals surface area contributed by atoms with Gasteiger partial charge in [0.05, 0.1) is 31.7 Å². The van der Waals surface area contributed by atoms with Crippen LogP contribution < -0.4 is 20.1 Å². The minimum absolute atomic E-state index is 0.198. The number of hydrogen-bond acceptors (Lipinski definition) is 5. The highest BCUT2D eigenvalue weighted by molar-refractivity contribution is 5.94. The first-order valence-corrected chi connectivity index (χ1v) is 8.87. The molecule has 6 heteroatoms. The molecule has 2 N–H and O–H groups in total. The number of benzene rings is 2. The first-order chi connectivity index (χ1) is 13.6. The van der Waals surface area contributed by atoms with Crippen LogP contribution in [-0.2, 0) is 6.54 Å². The van der Waals surface area contributed by atoms with Crippen molar-refractivity contribution < 1.29 is 14.3 Å². The van der Waals surface area contributed by atoms with E-state index in [1.54, 1.807) is 32.7 Å². The van der Waals surface area contributed by atoms with Crippen molar-refractivity contribution in [3.8, 4) is 11.5 Å². The van der Waals surface area contributed by atoms with Crippen LogP contribution in [0.1, 0.15) is 21.5 Å². The number of amides is 1. The fourth-order valence-electron chi connectivity index (χ4n) is 2.78. The van der Waals surface area contributed by atoms with Gasteiger partial charge in [-0.15, -0.1) is 0 Å². The second-order valence-corrected chi connectivity index (χ2v) is 6.27. The Morgan fingerprint density at radius 2 is 1.79 bits per heavy atom. The summed E-state index contributed by atoms with van der Waals surface area (Å²) in [6.45, 7) is 2.39. The van der Waals surface area contributed by atoms with E-state index in [0.717, 1.165) is 22.5 Å². The van der Waals surface area contributed by atoms with Gasteiger partial charge in [0.2, 0.25) is 0 Å². The van der Waals surface area contributed by atoms with Crippen LogP contribution in [0, 0.1) is 6.92 Å². The highest BCUT2D eigenvalue weighted by Crippen LogP contribution is 2.27. The summed E-state index contributed by atoms with van der Waals surface area (Å²) in [7, 11) is 3.17. The van der Waals surface area contributed by atoms with Crippen LogP contribution in [0.5, 0.6) is 11.5 Å². The minimum atomic E-state index is -0.198. The Morgan fingerprint density at radius 1 is 1.00 bits per heavy atom. The molecule has 0 fully saturated rings. The van der Waals surface area contributed by atoms with Gasteiger partial charge >= 0.3 is 0 Å². The third-order valence-electron chi connectivity index (χ3n) is 4.33. The first kappa shape index (κ1) is 19.2. The molecular weight excluding hydrogens is 354 g/mol. The lowest BCUT2D eigenvalue weighted by Gasteiger charge is -2.12. The maximum atomic E-state index is 12.5. The highest BCUT2D eigenvalue weighted by atomic mass is 16.5. The first-order valence-electron chi connectivity index (χ1n) is 8.87. The van der Waals surface area contributed by atoms with Gasteiger partial charge in [0.25, 0.3) is 5.91 Å². The predicted octanol–water partition coefficient (Wildman–Crippen LogP) is 4.08. The summed E-state index contributed by atoms with van der Waals surface area (Å²) < 4.78 is 10.5. The summed E-state index contributed by atoms with van der Waals surface area (Å²) >= 11 is 0. The van der Waals surface area contributed by atoms with Gasteiger partial charge in [0, 0.05) is 18.4 Å². The number of nitrogens with zero attached hydrogens (tertiary/aromatic N) is 1. The van der Waals surface area contributed by atoms with E-state index in [1.807, 2.05) is 49.4 Å². The van der Waals surface area contributed by atoms with E-state index in [9.17, 15) is 4.79 Å². The second-order valence-electron chi connectivity index (χ2n) is 6.27. The van der Waals surface area contributed by atoms with Crippen molar-refractivity contribution in [3.63, 3.8) is 0 Å².